The maximum Gasteiger partial charge on any atom is 0.343 e. The van der Waals surface area contributed by atoms with Crippen LogP contribution >= 0.6 is 31.9 Å². The number of rotatable bonds is 7. The van der Waals surface area contributed by atoms with Gasteiger partial charge in [0.25, 0.3) is 11.8 Å². The van der Waals surface area contributed by atoms with Crippen molar-refractivity contribution in [2.45, 2.75) is 6.92 Å². The van der Waals surface area contributed by atoms with Gasteiger partial charge in [-0.05, 0) is 55.0 Å². The molecular formula is C24H19Br2N3O4. The number of halogens is 2. The number of amides is 2. The van der Waals surface area contributed by atoms with Crippen LogP contribution in [-0.2, 0) is 4.79 Å². The SMILES string of the molecule is Cc1ccccc1C(=O)Oc1ccc(Br)cc1/C=N/NC(=O)CNC(=O)c1cccc(Br)c1. The molecule has 9 heteroatoms. The summed E-state index contributed by atoms with van der Waals surface area (Å²) in [5, 5.41) is 6.43. The largest absolute Gasteiger partial charge is 0.422 e. The van der Waals surface area contributed by atoms with E-state index in [1.165, 1.54) is 6.21 Å². The lowest BCUT2D eigenvalue weighted by Crippen LogP contribution is -2.34. The van der Waals surface area contributed by atoms with Crippen molar-refractivity contribution >= 4 is 55.9 Å². The van der Waals surface area contributed by atoms with Crippen molar-refractivity contribution in [3.8, 4) is 5.75 Å². The Balaban J connectivity index is 1.60. The summed E-state index contributed by atoms with van der Waals surface area (Å²) in [6.45, 7) is 1.57. The molecule has 0 saturated carbocycles. The summed E-state index contributed by atoms with van der Waals surface area (Å²) < 4.78 is 7.04. The highest BCUT2D eigenvalue weighted by molar-refractivity contribution is 9.10. The van der Waals surface area contributed by atoms with Gasteiger partial charge in [-0.2, -0.15) is 5.10 Å². The second kappa shape index (κ2) is 11.5. The maximum absolute atomic E-state index is 12.5. The topological polar surface area (TPSA) is 96.9 Å². The van der Waals surface area contributed by atoms with E-state index >= 15 is 0 Å². The Kier molecular flexibility index (Phi) is 8.51. The van der Waals surface area contributed by atoms with Gasteiger partial charge in [0, 0.05) is 20.1 Å². The zero-order chi connectivity index (χ0) is 23.8. The van der Waals surface area contributed by atoms with Gasteiger partial charge in [0.15, 0.2) is 0 Å². The van der Waals surface area contributed by atoms with Gasteiger partial charge in [-0.15, -0.1) is 0 Å². The maximum atomic E-state index is 12.5. The smallest absolute Gasteiger partial charge is 0.343 e. The molecular weight excluding hydrogens is 554 g/mol. The van der Waals surface area contributed by atoms with Crippen LogP contribution in [-0.4, -0.2) is 30.5 Å². The quantitative estimate of drug-likeness (QED) is 0.187. The third kappa shape index (κ3) is 7.10. The predicted molar refractivity (Wildman–Crippen MR) is 132 cm³/mol. The third-order valence-corrected chi connectivity index (χ3v) is 5.42. The van der Waals surface area contributed by atoms with Crippen molar-refractivity contribution in [2.24, 2.45) is 5.10 Å². The molecule has 0 saturated heterocycles. The molecule has 0 unspecified atom stereocenters. The highest BCUT2D eigenvalue weighted by atomic mass is 79.9. The number of esters is 1. The van der Waals surface area contributed by atoms with Crippen LogP contribution in [0.25, 0.3) is 0 Å². The van der Waals surface area contributed by atoms with Crippen molar-refractivity contribution in [3.63, 3.8) is 0 Å². The second-order valence-electron chi connectivity index (χ2n) is 6.87. The summed E-state index contributed by atoms with van der Waals surface area (Å²) in [5.74, 6) is -1.10. The molecule has 0 aromatic heterocycles. The summed E-state index contributed by atoms with van der Waals surface area (Å²) in [6, 6.07) is 19.0. The Morgan fingerprint density at radius 3 is 2.48 bits per heavy atom. The molecule has 2 N–H and O–H groups in total. The van der Waals surface area contributed by atoms with Gasteiger partial charge in [-0.25, -0.2) is 10.2 Å². The fourth-order valence-electron chi connectivity index (χ4n) is 2.78. The predicted octanol–water partition coefficient (Wildman–Crippen LogP) is 4.62. The Morgan fingerprint density at radius 1 is 0.970 bits per heavy atom. The van der Waals surface area contributed by atoms with E-state index in [4.69, 9.17) is 4.74 Å². The first kappa shape index (κ1) is 24.3. The zero-order valence-corrected chi connectivity index (χ0v) is 20.6. The van der Waals surface area contributed by atoms with Gasteiger partial charge in [-0.3, -0.25) is 9.59 Å². The molecule has 2 amide bonds. The minimum atomic E-state index is -0.511. The number of hydrogen-bond acceptors (Lipinski definition) is 5. The Hall–Kier alpha value is -3.30. The fourth-order valence-corrected chi connectivity index (χ4v) is 3.55. The van der Waals surface area contributed by atoms with Crippen molar-refractivity contribution in [3.05, 3.63) is 97.9 Å². The summed E-state index contributed by atoms with van der Waals surface area (Å²) in [7, 11) is 0. The molecule has 7 nitrogen and oxygen atoms in total. The molecule has 0 aliphatic rings. The minimum Gasteiger partial charge on any atom is -0.422 e. The van der Waals surface area contributed by atoms with E-state index in [0.717, 1.165) is 14.5 Å². The van der Waals surface area contributed by atoms with E-state index in [0.29, 0.717) is 16.7 Å². The number of benzene rings is 3. The molecule has 0 aliphatic carbocycles. The minimum absolute atomic E-state index is 0.254. The summed E-state index contributed by atoms with van der Waals surface area (Å²) >= 11 is 6.66. The van der Waals surface area contributed by atoms with Crippen LogP contribution in [0.3, 0.4) is 0 Å². The number of hydrazone groups is 1. The van der Waals surface area contributed by atoms with E-state index in [1.807, 2.05) is 19.1 Å². The van der Waals surface area contributed by atoms with Crippen LogP contribution in [0.15, 0.2) is 80.8 Å². The van der Waals surface area contributed by atoms with Crippen molar-refractivity contribution in [1.82, 2.24) is 10.7 Å². The van der Waals surface area contributed by atoms with E-state index in [-0.39, 0.29) is 18.2 Å². The molecule has 0 fully saturated rings. The van der Waals surface area contributed by atoms with Crippen LogP contribution < -0.4 is 15.5 Å². The number of ether oxygens (including phenoxy) is 1. The number of hydrogen-bond donors (Lipinski definition) is 2. The molecule has 3 aromatic rings. The molecule has 0 spiro atoms. The molecule has 0 atom stereocenters. The molecule has 3 aromatic carbocycles. The van der Waals surface area contributed by atoms with Gasteiger partial charge in [0.2, 0.25) is 0 Å². The normalized spacial score (nSPS) is 10.6. The lowest BCUT2D eigenvalue weighted by atomic mass is 10.1. The second-order valence-corrected chi connectivity index (χ2v) is 8.70. The third-order valence-electron chi connectivity index (χ3n) is 4.43. The molecule has 168 valence electrons. The number of carbonyl (C=O) groups excluding carboxylic acids is 3. The van der Waals surface area contributed by atoms with E-state index in [9.17, 15) is 14.4 Å². The number of nitrogens with zero attached hydrogens (tertiary/aromatic N) is 1. The van der Waals surface area contributed by atoms with Crippen molar-refractivity contribution in [2.75, 3.05) is 6.54 Å². The molecule has 33 heavy (non-hydrogen) atoms. The van der Waals surface area contributed by atoms with Gasteiger partial charge in [0.05, 0.1) is 18.3 Å². The molecule has 0 radical (unpaired) electrons. The summed E-state index contributed by atoms with van der Waals surface area (Å²) in [4.78, 5) is 36.7. The Morgan fingerprint density at radius 2 is 1.73 bits per heavy atom. The lowest BCUT2D eigenvalue weighted by Gasteiger charge is -2.09. The van der Waals surface area contributed by atoms with Crippen LogP contribution in [0.2, 0.25) is 0 Å². The van der Waals surface area contributed by atoms with E-state index in [2.05, 4.69) is 47.7 Å². The van der Waals surface area contributed by atoms with Gasteiger partial charge < -0.3 is 10.1 Å². The van der Waals surface area contributed by atoms with Gasteiger partial charge >= 0.3 is 5.97 Å². The number of aryl methyl sites for hydroxylation is 1. The summed E-state index contributed by atoms with van der Waals surface area (Å²) in [5.41, 5.74) is 4.50. The van der Waals surface area contributed by atoms with Crippen LogP contribution in [0.5, 0.6) is 5.75 Å². The number of carbonyl (C=O) groups is 3. The first-order valence-electron chi connectivity index (χ1n) is 9.76. The Bertz CT molecular complexity index is 1230. The van der Waals surface area contributed by atoms with Crippen LogP contribution in [0.1, 0.15) is 31.8 Å². The standard InChI is InChI=1S/C24H19Br2N3O4/c1-15-5-2-3-8-20(15)24(32)33-21-10-9-19(26)12-17(21)13-28-29-22(30)14-27-23(31)16-6-4-7-18(25)11-16/h2-13H,14H2,1H3,(H,27,31)(H,29,30)/b28-13+. The summed E-state index contributed by atoms with van der Waals surface area (Å²) in [6.07, 6.45) is 1.36. The average molecular weight is 573 g/mol. The molecule has 0 heterocycles. The first-order valence-corrected chi connectivity index (χ1v) is 11.3. The fraction of sp³-hybridized carbons (Fsp3) is 0.0833. The first-order chi connectivity index (χ1) is 15.8. The highest BCUT2D eigenvalue weighted by Gasteiger charge is 2.13. The molecule has 0 aliphatic heterocycles. The van der Waals surface area contributed by atoms with E-state index in [1.54, 1.807) is 54.6 Å². The van der Waals surface area contributed by atoms with Crippen LogP contribution in [0, 0.1) is 6.92 Å². The van der Waals surface area contributed by atoms with E-state index < -0.39 is 11.9 Å². The lowest BCUT2D eigenvalue weighted by molar-refractivity contribution is -0.120. The van der Waals surface area contributed by atoms with Gasteiger partial charge in [0.1, 0.15) is 5.75 Å². The van der Waals surface area contributed by atoms with Crippen molar-refractivity contribution < 1.29 is 19.1 Å². The average Bonchev–Trinajstić information content (AvgIpc) is 2.79. The molecule has 0 bridgehead atoms. The van der Waals surface area contributed by atoms with Crippen LogP contribution in [0.4, 0.5) is 0 Å². The Labute approximate surface area is 207 Å². The van der Waals surface area contributed by atoms with Crippen molar-refractivity contribution in [1.29, 1.82) is 0 Å². The number of nitrogens with one attached hydrogen (secondary N) is 2. The monoisotopic (exact) mass is 571 g/mol. The molecule has 3 rings (SSSR count). The zero-order valence-electron chi connectivity index (χ0n) is 17.5. The highest BCUT2D eigenvalue weighted by Crippen LogP contribution is 2.23. The van der Waals surface area contributed by atoms with Gasteiger partial charge in [-0.1, -0.05) is 56.1 Å².